The Morgan fingerprint density at radius 2 is 2.24 bits per heavy atom. The quantitative estimate of drug-likeness (QED) is 0.828. The first kappa shape index (κ1) is 11.8. The van der Waals surface area contributed by atoms with E-state index in [1.165, 1.54) is 6.07 Å². The Balaban J connectivity index is 2.32. The van der Waals surface area contributed by atoms with Crippen LogP contribution < -0.4 is 5.32 Å². The second kappa shape index (κ2) is 4.67. The smallest absolute Gasteiger partial charge is 0.278 e. The minimum atomic E-state index is -0.635. The van der Waals surface area contributed by atoms with Crippen LogP contribution in [-0.2, 0) is 0 Å². The van der Waals surface area contributed by atoms with Gasteiger partial charge in [0.25, 0.3) is 6.01 Å². The molecule has 2 rings (SSSR count). The molecule has 0 amide bonds. The van der Waals surface area contributed by atoms with Crippen LogP contribution in [0.15, 0.2) is 28.7 Å². The van der Waals surface area contributed by atoms with Crippen molar-refractivity contribution in [2.24, 2.45) is 0 Å². The third-order valence-electron chi connectivity index (χ3n) is 2.68. The molecule has 0 saturated heterocycles. The van der Waals surface area contributed by atoms with E-state index in [2.05, 4.69) is 5.32 Å². The summed E-state index contributed by atoms with van der Waals surface area (Å²) >= 11 is 0. The van der Waals surface area contributed by atoms with Crippen LogP contribution in [-0.4, -0.2) is 18.4 Å². The Morgan fingerprint density at radius 3 is 2.94 bits per heavy atom. The van der Waals surface area contributed by atoms with Gasteiger partial charge in [-0.15, -0.1) is 0 Å². The second-order valence-electron chi connectivity index (χ2n) is 3.95. The Labute approximate surface area is 98.6 Å². The highest BCUT2D eigenvalue weighted by atomic mass is 19.1. The molecule has 0 bridgehead atoms. The first-order valence-corrected chi connectivity index (χ1v) is 5.58. The summed E-state index contributed by atoms with van der Waals surface area (Å²) < 4.78 is 17.7. The first-order chi connectivity index (χ1) is 8.11. The maximum Gasteiger partial charge on any atom is 0.278 e. The van der Waals surface area contributed by atoms with Gasteiger partial charge in [0.15, 0.2) is 5.78 Å². The number of furan rings is 1. The van der Waals surface area contributed by atoms with Gasteiger partial charge in [-0.2, -0.15) is 4.39 Å². The molecule has 1 N–H and O–H groups in total. The summed E-state index contributed by atoms with van der Waals surface area (Å²) in [5, 5.41) is 3.70. The molecule has 4 heteroatoms. The molecule has 0 aliphatic carbocycles. The first-order valence-electron chi connectivity index (χ1n) is 5.58. The minimum Gasteiger partial charge on any atom is -0.431 e. The lowest BCUT2D eigenvalue weighted by molar-refractivity contribution is 0.0952. The number of Topliss-reactive ketones (excluding diaryl/α,β-unsaturated/α-hetero) is 1. The topological polar surface area (TPSA) is 42.2 Å². The van der Waals surface area contributed by atoms with Gasteiger partial charge in [-0.05, 0) is 19.5 Å². The van der Waals surface area contributed by atoms with Crippen molar-refractivity contribution < 1.29 is 13.6 Å². The van der Waals surface area contributed by atoms with E-state index in [1.807, 2.05) is 6.92 Å². The molecule has 3 nitrogen and oxygen atoms in total. The number of benzene rings is 1. The number of hydrogen-bond acceptors (Lipinski definition) is 3. The molecule has 2 aromatic rings. The van der Waals surface area contributed by atoms with Gasteiger partial charge in [0.1, 0.15) is 5.58 Å². The monoisotopic (exact) mass is 235 g/mol. The van der Waals surface area contributed by atoms with Crippen molar-refractivity contribution >= 4 is 16.8 Å². The zero-order chi connectivity index (χ0) is 12.4. The van der Waals surface area contributed by atoms with Crippen molar-refractivity contribution in [2.45, 2.75) is 19.9 Å². The number of carbonyl (C=O) groups is 1. The van der Waals surface area contributed by atoms with Gasteiger partial charge in [-0.3, -0.25) is 4.79 Å². The van der Waals surface area contributed by atoms with Crippen LogP contribution in [0.3, 0.4) is 0 Å². The third-order valence-corrected chi connectivity index (χ3v) is 2.68. The molecule has 0 aliphatic heterocycles. The van der Waals surface area contributed by atoms with E-state index in [0.717, 1.165) is 6.54 Å². The Hall–Kier alpha value is -1.68. The van der Waals surface area contributed by atoms with Crippen LogP contribution in [0.5, 0.6) is 0 Å². The van der Waals surface area contributed by atoms with E-state index in [4.69, 9.17) is 4.42 Å². The number of carbonyl (C=O) groups excluding carboxylic acids is 1. The van der Waals surface area contributed by atoms with Gasteiger partial charge >= 0.3 is 0 Å². The zero-order valence-electron chi connectivity index (χ0n) is 9.79. The largest absolute Gasteiger partial charge is 0.431 e. The van der Waals surface area contributed by atoms with E-state index >= 15 is 0 Å². The number of fused-ring (bicyclic) bond motifs is 1. The fourth-order valence-electron chi connectivity index (χ4n) is 1.80. The molecular weight excluding hydrogens is 221 g/mol. The third kappa shape index (κ3) is 2.36. The summed E-state index contributed by atoms with van der Waals surface area (Å²) in [7, 11) is 0. The Morgan fingerprint density at radius 1 is 1.47 bits per heavy atom. The number of nitrogens with one attached hydrogen (secondary N) is 1. The summed E-state index contributed by atoms with van der Waals surface area (Å²) in [6, 6.07) is 5.37. The van der Waals surface area contributed by atoms with Crippen LogP contribution in [0.2, 0.25) is 0 Å². The summed E-state index contributed by atoms with van der Waals surface area (Å²) in [5.41, 5.74) is 0.928. The molecule has 1 heterocycles. The lowest BCUT2D eigenvalue weighted by Crippen LogP contribution is -2.33. The number of rotatable bonds is 4. The maximum atomic E-state index is 12.9. The predicted octanol–water partition coefficient (Wildman–Crippen LogP) is 2.75. The van der Waals surface area contributed by atoms with Crippen molar-refractivity contribution in [2.75, 3.05) is 6.54 Å². The molecule has 1 aromatic heterocycles. The summed E-state index contributed by atoms with van der Waals surface area (Å²) in [6.07, 6.45) is 0. The van der Waals surface area contributed by atoms with Crippen molar-refractivity contribution in [3.63, 3.8) is 0 Å². The highest BCUT2D eigenvalue weighted by Gasteiger charge is 2.15. The van der Waals surface area contributed by atoms with Crippen molar-refractivity contribution in [1.29, 1.82) is 0 Å². The van der Waals surface area contributed by atoms with Crippen LogP contribution in [0.4, 0.5) is 4.39 Å². The number of hydrogen-bond donors (Lipinski definition) is 1. The number of halogens is 1. The molecule has 1 aromatic carbocycles. The van der Waals surface area contributed by atoms with Gasteiger partial charge in [0.05, 0.1) is 6.04 Å². The zero-order valence-corrected chi connectivity index (χ0v) is 9.79. The molecule has 0 aliphatic rings. The van der Waals surface area contributed by atoms with Crippen LogP contribution >= 0.6 is 0 Å². The summed E-state index contributed by atoms with van der Waals surface area (Å²) in [6.45, 7) is 4.47. The van der Waals surface area contributed by atoms with Gasteiger partial charge in [-0.1, -0.05) is 19.1 Å². The fraction of sp³-hybridized carbons (Fsp3) is 0.308. The standard InChI is InChI=1S/C13H14FNO2/c1-3-15-8(2)13(16)10-5-4-9-7-12(14)17-11(9)6-10/h4-8,15H,3H2,1-2H3. The van der Waals surface area contributed by atoms with Crippen LogP contribution in [0, 0.1) is 6.01 Å². The van der Waals surface area contributed by atoms with E-state index in [9.17, 15) is 9.18 Å². The van der Waals surface area contributed by atoms with Gasteiger partial charge in [0.2, 0.25) is 0 Å². The normalized spacial score (nSPS) is 12.9. The molecule has 90 valence electrons. The molecule has 0 spiro atoms. The highest BCUT2D eigenvalue weighted by Crippen LogP contribution is 2.20. The highest BCUT2D eigenvalue weighted by molar-refractivity contribution is 6.02. The molecule has 0 saturated carbocycles. The van der Waals surface area contributed by atoms with Gasteiger partial charge in [-0.25, -0.2) is 0 Å². The van der Waals surface area contributed by atoms with E-state index < -0.39 is 6.01 Å². The molecule has 1 unspecified atom stereocenters. The van der Waals surface area contributed by atoms with Crippen molar-refractivity contribution in [3.8, 4) is 0 Å². The SMILES string of the molecule is CCNC(C)C(=O)c1ccc2cc(F)oc2c1. The van der Waals surface area contributed by atoms with Crippen LogP contribution in [0.1, 0.15) is 24.2 Å². The summed E-state index contributed by atoms with van der Waals surface area (Å²) in [4.78, 5) is 12.0. The number of likely N-dealkylation sites (N-methyl/N-ethyl adjacent to an activating group) is 1. The molecule has 0 fully saturated rings. The molecule has 0 radical (unpaired) electrons. The predicted molar refractivity (Wildman–Crippen MR) is 63.6 cm³/mol. The average Bonchev–Trinajstić information content (AvgIpc) is 2.67. The Bertz CT molecular complexity index is 547. The number of ketones is 1. The van der Waals surface area contributed by atoms with Crippen molar-refractivity contribution in [1.82, 2.24) is 5.32 Å². The van der Waals surface area contributed by atoms with Crippen LogP contribution in [0.25, 0.3) is 11.0 Å². The lowest BCUT2D eigenvalue weighted by atomic mass is 10.0. The molecule has 1 atom stereocenters. The van der Waals surface area contributed by atoms with E-state index in [1.54, 1.807) is 25.1 Å². The molecule has 17 heavy (non-hydrogen) atoms. The fourth-order valence-corrected chi connectivity index (χ4v) is 1.80. The maximum absolute atomic E-state index is 12.9. The van der Waals surface area contributed by atoms with E-state index in [0.29, 0.717) is 16.5 Å². The average molecular weight is 235 g/mol. The van der Waals surface area contributed by atoms with Gasteiger partial charge in [0, 0.05) is 17.0 Å². The summed E-state index contributed by atoms with van der Waals surface area (Å²) in [5.74, 6) is -0.0226. The van der Waals surface area contributed by atoms with E-state index in [-0.39, 0.29) is 11.8 Å². The lowest BCUT2D eigenvalue weighted by Gasteiger charge is -2.10. The van der Waals surface area contributed by atoms with Crippen molar-refractivity contribution in [3.05, 3.63) is 35.8 Å². The van der Waals surface area contributed by atoms with Gasteiger partial charge < -0.3 is 9.73 Å². The Kier molecular flexibility index (Phi) is 3.24. The molecular formula is C13H14FNO2. The second-order valence-corrected chi connectivity index (χ2v) is 3.95. The minimum absolute atomic E-state index is 0.0226.